The lowest BCUT2D eigenvalue weighted by molar-refractivity contribution is 0.286. The molecule has 3 rings (SSSR count). The molecule has 1 atom stereocenters. The summed E-state index contributed by atoms with van der Waals surface area (Å²) in [6.07, 6.45) is 0.722. The molecule has 2 aliphatic rings. The van der Waals surface area contributed by atoms with E-state index in [1.807, 2.05) is 16.7 Å². The lowest BCUT2D eigenvalue weighted by atomic mass is 10.3. The van der Waals surface area contributed by atoms with E-state index in [-0.39, 0.29) is 5.92 Å². The van der Waals surface area contributed by atoms with E-state index >= 15 is 0 Å². The van der Waals surface area contributed by atoms with Crippen molar-refractivity contribution in [1.82, 2.24) is 4.90 Å². The Bertz CT molecular complexity index is 579. The molecule has 1 aromatic rings. The molecule has 2 fully saturated rings. The number of rotatable bonds is 4. The minimum absolute atomic E-state index is 0.113. The van der Waals surface area contributed by atoms with Crippen molar-refractivity contribution < 1.29 is 9.47 Å². The van der Waals surface area contributed by atoms with E-state index < -0.39 is 4.33 Å². The predicted molar refractivity (Wildman–Crippen MR) is 96.7 cm³/mol. The standard InChI is InChI=1S/C14H14Cl3NO2S2/c15-10-2-1-3-11(20-13(21)18-4-5-22-8-18)12(10)19-7-9-6-14(9,16)17/h1-3,9H,4-8H2. The Kier molecular flexibility index (Phi) is 5.20. The second kappa shape index (κ2) is 6.81. The van der Waals surface area contributed by atoms with E-state index in [1.165, 1.54) is 0 Å². The maximum atomic E-state index is 6.22. The van der Waals surface area contributed by atoms with Crippen LogP contribution in [-0.2, 0) is 0 Å². The minimum atomic E-state index is -0.676. The molecule has 120 valence electrons. The summed E-state index contributed by atoms with van der Waals surface area (Å²) in [4.78, 5) is 2.01. The molecule has 1 aliphatic carbocycles. The summed E-state index contributed by atoms with van der Waals surface area (Å²) in [6.45, 7) is 1.29. The largest absolute Gasteiger partial charge is 0.488 e. The van der Waals surface area contributed by atoms with E-state index in [9.17, 15) is 0 Å². The van der Waals surface area contributed by atoms with Crippen LogP contribution in [-0.4, -0.2) is 39.2 Å². The van der Waals surface area contributed by atoms with Gasteiger partial charge in [-0.3, -0.25) is 0 Å². The first kappa shape index (κ1) is 16.8. The van der Waals surface area contributed by atoms with Crippen LogP contribution in [0, 0.1) is 5.92 Å². The summed E-state index contributed by atoms with van der Waals surface area (Å²) in [5, 5.41) is 0.916. The van der Waals surface area contributed by atoms with Crippen LogP contribution in [0.25, 0.3) is 0 Å². The highest BCUT2D eigenvalue weighted by molar-refractivity contribution is 7.99. The average Bonchev–Trinajstić information content (AvgIpc) is 2.90. The van der Waals surface area contributed by atoms with E-state index in [2.05, 4.69) is 0 Å². The summed E-state index contributed by atoms with van der Waals surface area (Å²) in [7, 11) is 0. The second-order valence-corrected chi connectivity index (χ2v) is 8.58. The molecule has 0 aromatic heterocycles. The molecule has 22 heavy (non-hydrogen) atoms. The van der Waals surface area contributed by atoms with Crippen LogP contribution in [0.4, 0.5) is 0 Å². The van der Waals surface area contributed by atoms with Gasteiger partial charge in [0.2, 0.25) is 0 Å². The molecule has 0 radical (unpaired) electrons. The Morgan fingerprint density at radius 2 is 2.23 bits per heavy atom. The van der Waals surface area contributed by atoms with Gasteiger partial charge in [-0.1, -0.05) is 17.7 Å². The van der Waals surface area contributed by atoms with Gasteiger partial charge in [0.15, 0.2) is 11.5 Å². The molecule has 1 aromatic carbocycles. The van der Waals surface area contributed by atoms with Crippen molar-refractivity contribution in [3.63, 3.8) is 0 Å². The Morgan fingerprint density at radius 1 is 1.45 bits per heavy atom. The topological polar surface area (TPSA) is 21.7 Å². The van der Waals surface area contributed by atoms with E-state index in [0.29, 0.717) is 28.3 Å². The number of halogens is 3. The van der Waals surface area contributed by atoms with Crippen LogP contribution in [0.1, 0.15) is 6.42 Å². The number of hydrogen-bond acceptors (Lipinski definition) is 4. The van der Waals surface area contributed by atoms with Gasteiger partial charge >= 0.3 is 0 Å². The van der Waals surface area contributed by atoms with Crippen molar-refractivity contribution in [2.75, 3.05) is 24.8 Å². The Morgan fingerprint density at radius 3 is 2.86 bits per heavy atom. The Balaban J connectivity index is 1.67. The molecule has 8 heteroatoms. The van der Waals surface area contributed by atoms with Crippen molar-refractivity contribution in [3.8, 4) is 11.5 Å². The molecule has 0 amide bonds. The van der Waals surface area contributed by atoms with Gasteiger partial charge in [-0.2, -0.15) is 0 Å². The van der Waals surface area contributed by atoms with Crippen LogP contribution in [0.15, 0.2) is 18.2 Å². The fourth-order valence-corrected chi connectivity index (χ4v) is 4.05. The van der Waals surface area contributed by atoms with Crippen molar-refractivity contribution in [1.29, 1.82) is 0 Å². The van der Waals surface area contributed by atoms with Crippen molar-refractivity contribution in [3.05, 3.63) is 23.2 Å². The van der Waals surface area contributed by atoms with Crippen LogP contribution in [0.5, 0.6) is 11.5 Å². The van der Waals surface area contributed by atoms with Crippen LogP contribution >= 0.6 is 58.8 Å². The number of para-hydroxylation sites is 1. The third kappa shape index (κ3) is 3.88. The number of thioether (sulfide) groups is 1. The van der Waals surface area contributed by atoms with Crippen molar-refractivity contribution >= 4 is 64.0 Å². The smallest absolute Gasteiger partial charge is 0.265 e. The molecule has 1 aliphatic heterocycles. The average molecular weight is 399 g/mol. The highest BCUT2D eigenvalue weighted by Gasteiger charge is 2.52. The molecule has 1 unspecified atom stereocenters. The fourth-order valence-electron chi connectivity index (χ4n) is 2.06. The Labute approximate surface area is 154 Å². The number of ether oxygens (including phenoxy) is 2. The van der Waals surface area contributed by atoms with Crippen molar-refractivity contribution in [2.24, 2.45) is 5.92 Å². The first-order valence-corrected chi connectivity index (χ1v) is 9.51. The second-order valence-electron chi connectivity index (χ2n) is 5.21. The first-order chi connectivity index (χ1) is 10.5. The molecular formula is C14H14Cl3NO2S2. The van der Waals surface area contributed by atoms with E-state index in [1.54, 1.807) is 18.2 Å². The molecule has 1 saturated heterocycles. The third-order valence-electron chi connectivity index (χ3n) is 3.52. The van der Waals surface area contributed by atoms with Gasteiger partial charge in [0.25, 0.3) is 5.17 Å². The maximum Gasteiger partial charge on any atom is 0.265 e. The number of benzene rings is 1. The fraction of sp³-hybridized carbons (Fsp3) is 0.500. The summed E-state index contributed by atoms with van der Waals surface area (Å²) < 4.78 is 10.9. The predicted octanol–water partition coefficient (Wildman–Crippen LogP) is 4.58. The van der Waals surface area contributed by atoms with Gasteiger partial charge in [0, 0.05) is 18.2 Å². The summed E-state index contributed by atoms with van der Waals surface area (Å²) >= 11 is 25.4. The molecule has 3 nitrogen and oxygen atoms in total. The van der Waals surface area contributed by atoms with Gasteiger partial charge < -0.3 is 14.4 Å². The highest BCUT2D eigenvalue weighted by atomic mass is 35.5. The minimum Gasteiger partial charge on any atom is -0.488 e. The molecular weight excluding hydrogens is 385 g/mol. The molecule has 0 spiro atoms. The third-order valence-corrected chi connectivity index (χ3v) is 6.05. The zero-order chi connectivity index (χ0) is 15.7. The van der Waals surface area contributed by atoms with Crippen LogP contribution in [0.3, 0.4) is 0 Å². The van der Waals surface area contributed by atoms with Gasteiger partial charge in [0.05, 0.1) is 17.5 Å². The Hall–Kier alpha value is -0.0700. The molecule has 1 heterocycles. The zero-order valence-electron chi connectivity index (χ0n) is 11.6. The number of alkyl halides is 2. The van der Waals surface area contributed by atoms with E-state index in [0.717, 1.165) is 24.6 Å². The van der Waals surface area contributed by atoms with Gasteiger partial charge in [-0.05, 0) is 30.8 Å². The molecule has 1 saturated carbocycles. The van der Waals surface area contributed by atoms with Gasteiger partial charge in [-0.25, -0.2) is 0 Å². The number of hydrogen-bond donors (Lipinski definition) is 0. The zero-order valence-corrected chi connectivity index (χ0v) is 15.5. The van der Waals surface area contributed by atoms with Gasteiger partial charge in [0.1, 0.15) is 4.33 Å². The van der Waals surface area contributed by atoms with E-state index in [4.69, 9.17) is 56.5 Å². The van der Waals surface area contributed by atoms with Crippen molar-refractivity contribution in [2.45, 2.75) is 10.8 Å². The number of thiocarbonyl (C=S) groups is 1. The van der Waals surface area contributed by atoms with Crippen LogP contribution < -0.4 is 9.47 Å². The summed E-state index contributed by atoms with van der Waals surface area (Å²) in [5.74, 6) is 3.01. The lowest BCUT2D eigenvalue weighted by Crippen LogP contribution is -2.30. The van der Waals surface area contributed by atoms with Crippen LogP contribution in [0.2, 0.25) is 5.02 Å². The highest BCUT2D eigenvalue weighted by Crippen LogP contribution is 2.53. The normalized spacial score (nSPS) is 22.5. The number of nitrogens with zero attached hydrogens (tertiary/aromatic N) is 1. The summed E-state index contributed by atoms with van der Waals surface area (Å²) in [6, 6.07) is 5.34. The SMILES string of the molecule is S=C(Oc1cccc(Cl)c1OCC1CC1(Cl)Cl)N1CCSC1. The first-order valence-electron chi connectivity index (χ1n) is 6.81. The summed E-state index contributed by atoms with van der Waals surface area (Å²) in [5.41, 5.74) is 0. The molecule has 0 N–H and O–H groups in total. The monoisotopic (exact) mass is 397 g/mol. The quantitative estimate of drug-likeness (QED) is 0.545. The maximum absolute atomic E-state index is 6.22. The lowest BCUT2D eigenvalue weighted by Gasteiger charge is -2.19. The molecule has 0 bridgehead atoms. The van der Waals surface area contributed by atoms with Gasteiger partial charge in [-0.15, -0.1) is 35.0 Å².